The molecule has 2 rings (SSSR count). The van der Waals surface area contributed by atoms with Gasteiger partial charge in [-0.1, -0.05) is 12.1 Å². The molecular weight excluding hydrogens is 368 g/mol. The maximum Gasteiger partial charge on any atom is 0.339 e. The molecule has 0 aliphatic carbocycles. The van der Waals surface area contributed by atoms with E-state index in [1.807, 2.05) is 13.0 Å². The summed E-state index contributed by atoms with van der Waals surface area (Å²) >= 11 is 0. The van der Waals surface area contributed by atoms with E-state index in [-0.39, 0.29) is 11.1 Å². The summed E-state index contributed by atoms with van der Waals surface area (Å²) in [6.45, 7) is 3.22. The van der Waals surface area contributed by atoms with Crippen molar-refractivity contribution >= 4 is 29.2 Å². The molecule has 0 aromatic heterocycles. The summed E-state index contributed by atoms with van der Waals surface area (Å²) in [5, 5.41) is 13.6. The number of rotatable bonds is 6. The first-order chi connectivity index (χ1) is 13.2. The number of methoxy groups -OCH3 is 1. The van der Waals surface area contributed by atoms with Gasteiger partial charge in [0.05, 0.1) is 23.2 Å². The number of hydrogen-bond donors (Lipinski definition) is 1. The quantitative estimate of drug-likeness (QED) is 0.460. The van der Waals surface area contributed by atoms with Crippen LogP contribution >= 0.6 is 0 Å². The van der Waals surface area contributed by atoms with Crippen molar-refractivity contribution in [3.05, 3.63) is 69.3 Å². The highest BCUT2D eigenvalue weighted by Gasteiger charge is 2.23. The Morgan fingerprint density at radius 3 is 2.29 bits per heavy atom. The summed E-state index contributed by atoms with van der Waals surface area (Å²) in [5.41, 5.74) is 0.572. The number of amides is 1. The third-order valence-corrected chi connectivity index (χ3v) is 3.72. The number of benzene rings is 2. The summed E-state index contributed by atoms with van der Waals surface area (Å²) < 4.78 is 9.60. The number of non-ortho nitro benzene ring substituents is 1. The molecule has 1 amide bonds. The molecule has 2 aromatic carbocycles. The van der Waals surface area contributed by atoms with Crippen LogP contribution in [0.1, 0.15) is 33.2 Å². The van der Waals surface area contributed by atoms with E-state index in [1.165, 1.54) is 6.92 Å². The number of hydrogen-bond acceptors (Lipinski definition) is 7. The fraction of sp³-hybridized carbons (Fsp3) is 0.211. The van der Waals surface area contributed by atoms with Crippen LogP contribution in [-0.4, -0.2) is 36.0 Å². The molecule has 0 aliphatic heterocycles. The fourth-order valence-corrected chi connectivity index (χ4v) is 2.32. The van der Waals surface area contributed by atoms with Gasteiger partial charge in [0.15, 0.2) is 6.10 Å². The van der Waals surface area contributed by atoms with Crippen LogP contribution in [-0.2, 0) is 14.3 Å². The van der Waals surface area contributed by atoms with Gasteiger partial charge < -0.3 is 14.8 Å². The third-order valence-electron chi connectivity index (χ3n) is 3.72. The first-order valence-corrected chi connectivity index (χ1v) is 8.17. The van der Waals surface area contributed by atoms with Crippen LogP contribution in [0.15, 0.2) is 42.5 Å². The molecule has 2 aromatic rings. The van der Waals surface area contributed by atoms with Crippen LogP contribution in [0.25, 0.3) is 0 Å². The maximum absolute atomic E-state index is 12.3. The smallest absolute Gasteiger partial charge is 0.339 e. The summed E-state index contributed by atoms with van der Waals surface area (Å²) in [6.07, 6.45) is -1.17. The molecule has 0 fully saturated rings. The number of nitro groups is 1. The molecule has 9 heteroatoms. The Morgan fingerprint density at radius 2 is 1.71 bits per heavy atom. The van der Waals surface area contributed by atoms with Crippen LogP contribution in [0.2, 0.25) is 0 Å². The summed E-state index contributed by atoms with van der Waals surface area (Å²) in [5.74, 6) is -2.40. The third kappa shape index (κ3) is 5.13. The molecule has 0 saturated heterocycles. The minimum Gasteiger partial charge on any atom is -0.465 e. The van der Waals surface area contributed by atoms with E-state index in [9.17, 15) is 24.5 Å². The predicted molar refractivity (Wildman–Crippen MR) is 99.1 cm³/mol. The van der Waals surface area contributed by atoms with Gasteiger partial charge in [-0.15, -0.1) is 0 Å². The molecular formula is C19H18N2O7. The topological polar surface area (TPSA) is 125 Å². The monoisotopic (exact) mass is 386 g/mol. The summed E-state index contributed by atoms with van der Waals surface area (Å²) in [6, 6.07) is 10.1. The normalized spacial score (nSPS) is 11.2. The largest absolute Gasteiger partial charge is 0.465 e. The zero-order chi connectivity index (χ0) is 20.8. The Morgan fingerprint density at radius 1 is 1.07 bits per heavy atom. The van der Waals surface area contributed by atoms with Crippen molar-refractivity contribution in [1.82, 2.24) is 0 Å². The number of ether oxygens (including phenoxy) is 2. The van der Waals surface area contributed by atoms with Gasteiger partial charge in [-0.05, 0) is 37.6 Å². The SMILES string of the molecule is COC(=O)c1cc(C(=O)O[C@@H](C)C(=O)Nc2cccc(C)c2)cc([N+](=O)[O-])c1. The van der Waals surface area contributed by atoms with Gasteiger partial charge in [0, 0.05) is 17.8 Å². The van der Waals surface area contributed by atoms with E-state index in [1.54, 1.807) is 18.2 Å². The molecule has 146 valence electrons. The standard InChI is InChI=1S/C19H18N2O7/c1-11-5-4-6-15(7-11)20-17(22)12(2)28-19(24)14-8-13(18(23)27-3)9-16(10-14)21(25)26/h4-10,12H,1-3H3,(H,20,22)/t12-/m0/s1. The molecule has 1 N–H and O–H groups in total. The van der Waals surface area contributed by atoms with E-state index >= 15 is 0 Å². The van der Waals surface area contributed by atoms with Gasteiger partial charge in [0.25, 0.3) is 11.6 Å². The molecule has 28 heavy (non-hydrogen) atoms. The molecule has 9 nitrogen and oxygen atoms in total. The number of anilines is 1. The number of carbonyl (C=O) groups is 3. The molecule has 0 aliphatic rings. The van der Waals surface area contributed by atoms with Crippen LogP contribution in [0.5, 0.6) is 0 Å². The zero-order valence-corrected chi connectivity index (χ0v) is 15.4. The van der Waals surface area contributed by atoms with Crippen molar-refractivity contribution in [3.8, 4) is 0 Å². The second-order valence-electron chi connectivity index (χ2n) is 5.92. The molecule has 0 spiro atoms. The van der Waals surface area contributed by atoms with Gasteiger partial charge in [-0.25, -0.2) is 9.59 Å². The lowest BCUT2D eigenvalue weighted by atomic mass is 10.1. The van der Waals surface area contributed by atoms with E-state index in [0.717, 1.165) is 30.9 Å². The number of nitrogens with zero attached hydrogens (tertiary/aromatic N) is 1. The van der Waals surface area contributed by atoms with E-state index in [4.69, 9.17) is 4.74 Å². The maximum atomic E-state index is 12.3. The summed E-state index contributed by atoms with van der Waals surface area (Å²) in [7, 11) is 1.11. The Hall–Kier alpha value is -3.75. The molecule has 0 radical (unpaired) electrons. The van der Waals surface area contributed by atoms with Crippen molar-refractivity contribution in [2.45, 2.75) is 20.0 Å². The fourth-order valence-electron chi connectivity index (χ4n) is 2.32. The lowest BCUT2D eigenvalue weighted by Gasteiger charge is -2.14. The second kappa shape index (κ2) is 8.76. The predicted octanol–water partition coefficient (Wildman–Crippen LogP) is 2.87. The summed E-state index contributed by atoms with van der Waals surface area (Å²) in [4.78, 5) is 46.5. The van der Waals surface area contributed by atoms with Crippen molar-refractivity contribution in [2.24, 2.45) is 0 Å². The average molecular weight is 386 g/mol. The van der Waals surface area contributed by atoms with Crippen molar-refractivity contribution in [3.63, 3.8) is 0 Å². The minimum atomic E-state index is -1.17. The first-order valence-electron chi connectivity index (χ1n) is 8.17. The molecule has 1 atom stereocenters. The Labute approximate surface area is 160 Å². The Balaban J connectivity index is 2.16. The van der Waals surface area contributed by atoms with Gasteiger partial charge in [0.2, 0.25) is 0 Å². The zero-order valence-electron chi connectivity index (χ0n) is 15.4. The highest BCUT2D eigenvalue weighted by atomic mass is 16.6. The average Bonchev–Trinajstić information content (AvgIpc) is 2.66. The van der Waals surface area contributed by atoms with E-state index in [2.05, 4.69) is 10.1 Å². The molecule has 0 bridgehead atoms. The minimum absolute atomic E-state index is 0.180. The number of nitrogens with one attached hydrogen (secondary N) is 1. The first kappa shape index (κ1) is 20.6. The molecule has 0 saturated carbocycles. The number of carbonyl (C=O) groups excluding carboxylic acids is 3. The molecule has 0 unspecified atom stereocenters. The molecule has 0 heterocycles. The highest BCUT2D eigenvalue weighted by molar-refractivity contribution is 5.99. The van der Waals surface area contributed by atoms with Gasteiger partial charge >= 0.3 is 11.9 Å². The number of nitro benzene ring substituents is 1. The van der Waals surface area contributed by atoms with Crippen molar-refractivity contribution in [1.29, 1.82) is 0 Å². The van der Waals surface area contributed by atoms with Crippen LogP contribution in [0.3, 0.4) is 0 Å². The number of esters is 2. The number of aryl methyl sites for hydroxylation is 1. The van der Waals surface area contributed by atoms with Crippen LogP contribution in [0, 0.1) is 17.0 Å². The van der Waals surface area contributed by atoms with Crippen molar-refractivity contribution < 1.29 is 28.8 Å². The lowest BCUT2D eigenvalue weighted by Crippen LogP contribution is -2.30. The van der Waals surface area contributed by atoms with Gasteiger partial charge in [0.1, 0.15) is 0 Å². The second-order valence-corrected chi connectivity index (χ2v) is 5.92. The van der Waals surface area contributed by atoms with E-state index in [0.29, 0.717) is 5.69 Å². The highest BCUT2D eigenvalue weighted by Crippen LogP contribution is 2.19. The lowest BCUT2D eigenvalue weighted by molar-refractivity contribution is -0.384. The van der Waals surface area contributed by atoms with Gasteiger partial charge in [-0.2, -0.15) is 0 Å². The van der Waals surface area contributed by atoms with Crippen LogP contribution < -0.4 is 5.32 Å². The Kier molecular flexibility index (Phi) is 6.43. The van der Waals surface area contributed by atoms with E-state index < -0.39 is 34.6 Å². The van der Waals surface area contributed by atoms with Crippen LogP contribution in [0.4, 0.5) is 11.4 Å². The van der Waals surface area contributed by atoms with Crippen molar-refractivity contribution in [2.75, 3.05) is 12.4 Å². The van der Waals surface area contributed by atoms with Gasteiger partial charge in [-0.3, -0.25) is 14.9 Å². The Bertz CT molecular complexity index is 940.